The molecule has 2 N–H and O–H groups in total. The molecule has 1 amide bonds. The second-order valence-electron chi connectivity index (χ2n) is 9.91. The standard InChI is InChI=1S/C30H30ClF3N2O3/c1-19-17-21(25-6-2-3-7-26(25)31)10-13-24(19)27(14-15-30(32,33)34)35-23-11-8-20(9-12-23)28(37)36-16-4-5-22(18-36)29(38)39/h2-3,6-13,17,22,27,35H,4-5,14-16,18H2,1H3,(H,38,39)/t22-,27?/m1/s1. The van der Waals surface area contributed by atoms with Crippen LogP contribution in [0.2, 0.25) is 5.02 Å². The van der Waals surface area contributed by atoms with Crippen LogP contribution in [-0.4, -0.2) is 41.1 Å². The zero-order valence-corrected chi connectivity index (χ0v) is 22.2. The maximum atomic E-state index is 13.2. The van der Waals surface area contributed by atoms with Crippen molar-refractivity contribution in [3.05, 3.63) is 88.4 Å². The summed E-state index contributed by atoms with van der Waals surface area (Å²) in [4.78, 5) is 25.8. The van der Waals surface area contributed by atoms with Crippen LogP contribution in [-0.2, 0) is 4.79 Å². The van der Waals surface area contributed by atoms with Gasteiger partial charge in [-0.25, -0.2) is 0 Å². The average molecular weight is 559 g/mol. The van der Waals surface area contributed by atoms with Crippen LogP contribution in [0.25, 0.3) is 11.1 Å². The molecule has 1 heterocycles. The highest BCUT2D eigenvalue weighted by atomic mass is 35.5. The number of nitrogens with zero attached hydrogens (tertiary/aromatic N) is 1. The molecule has 39 heavy (non-hydrogen) atoms. The SMILES string of the molecule is Cc1cc(-c2ccccc2Cl)ccc1C(CCC(F)(F)F)Nc1ccc(C(=O)N2CCC[C@@H](C(=O)O)C2)cc1. The molecule has 3 aromatic carbocycles. The van der Waals surface area contributed by atoms with Crippen molar-refractivity contribution in [2.45, 2.75) is 44.8 Å². The molecule has 206 valence electrons. The number of aliphatic carboxylic acids is 1. The first-order valence-electron chi connectivity index (χ1n) is 12.8. The molecule has 9 heteroatoms. The number of benzene rings is 3. The number of nitrogens with one attached hydrogen (secondary N) is 1. The second kappa shape index (κ2) is 12.1. The lowest BCUT2D eigenvalue weighted by Crippen LogP contribution is -2.42. The van der Waals surface area contributed by atoms with Crippen molar-refractivity contribution in [3.8, 4) is 11.1 Å². The third-order valence-electron chi connectivity index (χ3n) is 7.08. The van der Waals surface area contributed by atoms with Gasteiger partial charge in [0.05, 0.1) is 12.0 Å². The van der Waals surface area contributed by atoms with Gasteiger partial charge >= 0.3 is 12.1 Å². The highest BCUT2D eigenvalue weighted by Crippen LogP contribution is 2.35. The topological polar surface area (TPSA) is 69.6 Å². The molecule has 1 unspecified atom stereocenters. The molecule has 0 spiro atoms. The fourth-order valence-electron chi connectivity index (χ4n) is 5.00. The summed E-state index contributed by atoms with van der Waals surface area (Å²) in [6.45, 7) is 2.52. The number of halogens is 4. The number of rotatable bonds is 8. The Bertz CT molecular complexity index is 1330. The van der Waals surface area contributed by atoms with Crippen LogP contribution in [0, 0.1) is 12.8 Å². The van der Waals surface area contributed by atoms with E-state index in [1.165, 1.54) is 0 Å². The lowest BCUT2D eigenvalue weighted by molar-refractivity contribution is -0.143. The van der Waals surface area contributed by atoms with E-state index in [0.717, 1.165) is 22.3 Å². The van der Waals surface area contributed by atoms with Crippen molar-refractivity contribution in [2.75, 3.05) is 18.4 Å². The van der Waals surface area contributed by atoms with E-state index < -0.39 is 30.5 Å². The van der Waals surface area contributed by atoms with Gasteiger partial charge in [0.1, 0.15) is 0 Å². The molecule has 0 radical (unpaired) electrons. The van der Waals surface area contributed by atoms with Crippen LogP contribution in [0.3, 0.4) is 0 Å². The normalized spacial score (nSPS) is 16.5. The minimum atomic E-state index is -4.30. The fraction of sp³-hybridized carbons (Fsp3) is 0.333. The Labute approximate surface area is 230 Å². The monoisotopic (exact) mass is 558 g/mol. The zero-order valence-electron chi connectivity index (χ0n) is 21.5. The minimum Gasteiger partial charge on any atom is -0.481 e. The van der Waals surface area contributed by atoms with Gasteiger partial charge < -0.3 is 15.3 Å². The number of alkyl halides is 3. The number of hydrogen-bond acceptors (Lipinski definition) is 3. The summed E-state index contributed by atoms with van der Waals surface area (Å²) >= 11 is 6.34. The van der Waals surface area contributed by atoms with Crippen molar-refractivity contribution in [1.82, 2.24) is 4.90 Å². The quantitative estimate of drug-likeness (QED) is 0.296. The van der Waals surface area contributed by atoms with E-state index >= 15 is 0 Å². The van der Waals surface area contributed by atoms with Gasteiger partial charge in [0, 0.05) is 41.3 Å². The van der Waals surface area contributed by atoms with Crippen molar-refractivity contribution in [2.24, 2.45) is 5.92 Å². The Morgan fingerprint density at radius 2 is 1.82 bits per heavy atom. The van der Waals surface area contributed by atoms with E-state index in [1.54, 1.807) is 35.2 Å². The fourth-order valence-corrected chi connectivity index (χ4v) is 5.24. The number of piperidine rings is 1. The Morgan fingerprint density at radius 1 is 1.10 bits per heavy atom. The van der Waals surface area contributed by atoms with E-state index in [9.17, 15) is 27.9 Å². The molecule has 2 atom stereocenters. The Balaban J connectivity index is 1.53. The molecule has 1 saturated heterocycles. The second-order valence-corrected chi connectivity index (χ2v) is 10.3. The van der Waals surface area contributed by atoms with Gasteiger partial charge in [-0.1, -0.05) is 48.0 Å². The Hall–Kier alpha value is -3.52. The van der Waals surface area contributed by atoms with Gasteiger partial charge in [0.25, 0.3) is 5.91 Å². The maximum absolute atomic E-state index is 13.2. The number of likely N-dealkylation sites (tertiary alicyclic amines) is 1. The highest BCUT2D eigenvalue weighted by Gasteiger charge is 2.30. The molecule has 1 fully saturated rings. The molecular weight excluding hydrogens is 529 g/mol. The lowest BCUT2D eigenvalue weighted by Gasteiger charge is -2.30. The molecule has 5 nitrogen and oxygen atoms in total. The average Bonchev–Trinajstić information content (AvgIpc) is 2.91. The predicted molar refractivity (Wildman–Crippen MR) is 146 cm³/mol. The van der Waals surface area contributed by atoms with Gasteiger partial charge in [0.2, 0.25) is 0 Å². The number of hydrogen-bond donors (Lipinski definition) is 2. The molecule has 4 rings (SSSR count). The first-order chi connectivity index (χ1) is 18.5. The Kier molecular flexibility index (Phi) is 8.85. The minimum absolute atomic E-state index is 0.164. The smallest absolute Gasteiger partial charge is 0.389 e. The number of aryl methyl sites for hydroxylation is 1. The number of carboxylic acid groups (broad SMARTS) is 1. The summed E-state index contributed by atoms with van der Waals surface area (Å²) in [5.41, 5.74) is 4.27. The molecular formula is C30H30ClF3N2O3. The molecule has 0 saturated carbocycles. The van der Waals surface area contributed by atoms with Crippen LogP contribution in [0.1, 0.15) is 53.2 Å². The highest BCUT2D eigenvalue weighted by molar-refractivity contribution is 6.33. The molecule has 0 bridgehead atoms. The van der Waals surface area contributed by atoms with E-state index in [4.69, 9.17) is 11.6 Å². The number of carbonyl (C=O) groups excluding carboxylic acids is 1. The van der Waals surface area contributed by atoms with Crippen molar-refractivity contribution >= 4 is 29.2 Å². The first-order valence-corrected chi connectivity index (χ1v) is 13.2. The molecule has 0 aromatic heterocycles. The van der Waals surface area contributed by atoms with E-state index in [0.29, 0.717) is 35.7 Å². The molecule has 1 aliphatic heterocycles. The van der Waals surface area contributed by atoms with E-state index in [-0.39, 0.29) is 18.9 Å². The van der Waals surface area contributed by atoms with Gasteiger partial charge in [0.15, 0.2) is 0 Å². The van der Waals surface area contributed by atoms with Crippen LogP contribution in [0.4, 0.5) is 18.9 Å². The van der Waals surface area contributed by atoms with Crippen molar-refractivity contribution in [1.29, 1.82) is 0 Å². The van der Waals surface area contributed by atoms with Crippen molar-refractivity contribution in [3.63, 3.8) is 0 Å². The summed E-state index contributed by atoms with van der Waals surface area (Å²) in [5.74, 6) is -1.75. The summed E-state index contributed by atoms with van der Waals surface area (Å²) in [6.07, 6.45) is -4.25. The zero-order chi connectivity index (χ0) is 28.2. The largest absolute Gasteiger partial charge is 0.481 e. The van der Waals surface area contributed by atoms with Crippen LogP contribution in [0.15, 0.2) is 66.7 Å². The molecule has 3 aromatic rings. The summed E-state index contributed by atoms with van der Waals surface area (Å²) in [7, 11) is 0. The van der Waals surface area contributed by atoms with Gasteiger partial charge in [-0.2, -0.15) is 13.2 Å². The van der Waals surface area contributed by atoms with Gasteiger partial charge in [-0.15, -0.1) is 0 Å². The van der Waals surface area contributed by atoms with Crippen LogP contribution < -0.4 is 5.32 Å². The third-order valence-corrected chi connectivity index (χ3v) is 7.41. The first kappa shape index (κ1) is 28.5. The maximum Gasteiger partial charge on any atom is 0.389 e. The number of carboxylic acids is 1. The third kappa shape index (κ3) is 7.32. The van der Waals surface area contributed by atoms with E-state index in [2.05, 4.69) is 5.32 Å². The van der Waals surface area contributed by atoms with Crippen LogP contribution >= 0.6 is 11.6 Å². The lowest BCUT2D eigenvalue weighted by atomic mass is 9.93. The Morgan fingerprint density at radius 3 is 2.46 bits per heavy atom. The van der Waals surface area contributed by atoms with Gasteiger partial charge in [-0.3, -0.25) is 9.59 Å². The molecule has 0 aliphatic carbocycles. The van der Waals surface area contributed by atoms with Crippen molar-refractivity contribution < 1.29 is 27.9 Å². The van der Waals surface area contributed by atoms with Gasteiger partial charge in [-0.05, 0) is 73.2 Å². The van der Waals surface area contributed by atoms with Crippen LogP contribution in [0.5, 0.6) is 0 Å². The predicted octanol–water partition coefficient (Wildman–Crippen LogP) is 7.75. The summed E-state index contributed by atoms with van der Waals surface area (Å²) in [6, 6.07) is 18.9. The number of carbonyl (C=O) groups is 2. The summed E-state index contributed by atoms with van der Waals surface area (Å²) < 4.78 is 39.5. The summed E-state index contributed by atoms with van der Waals surface area (Å²) in [5, 5.41) is 13.1. The molecule has 1 aliphatic rings. The van der Waals surface area contributed by atoms with E-state index in [1.807, 2.05) is 43.3 Å². The number of amides is 1. The number of anilines is 1.